The fourth-order valence-corrected chi connectivity index (χ4v) is 11.7. The van der Waals surface area contributed by atoms with Crippen molar-refractivity contribution in [1.29, 1.82) is 0 Å². The van der Waals surface area contributed by atoms with Crippen molar-refractivity contribution in [2.75, 3.05) is 32.7 Å². The number of nitrogens with zero attached hydrogens (tertiary/aromatic N) is 7. The number of phenolic OH excluding ortho intramolecular Hbond substituents is 2. The number of carbonyl (C=O) groups is 2. The smallest absolute Gasteiger partial charge is 0.415 e. The van der Waals surface area contributed by atoms with Gasteiger partial charge < -0.3 is 43.7 Å². The van der Waals surface area contributed by atoms with Gasteiger partial charge in [-0.3, -0.25) is 4.79 Å². The normalized spacial score (nSPS) is 18.5. The Bertz CT molecular complexity index is 3430. The Morgan fingerprint density at radius 2 is 1.69 bits per heavy atom. The Balaban J connectivity index is 0.671. The molecule has 0 bridgehead atoms. The molecule has 0 spiro atoms. The number of cyclic esters (lactones) is 1. The van der Waals surface area contributed by atoms with Gasteiger partial charge in [0.05, 0.1) is 40.3 Å². The number of likely N-dealkylation sites (tertiary alicyclic amines) is 2. The molecule has 1 atom stereocenters. The molecule has 0 saturated carbocycles. The number of aromatic nitrogens is 6. The van der Waals surface area contributed by atoms with Crippen molar-refractivity contribution in [1.82, 2.24) is 38.7 Å². The highest BCUT2D eigenvalue weighted by Crippen LogP contribution is 2.42. The molecular formula is C55H60N8O9. The first-order valence-electron chi connectivity index (χ1n) is 25.4. The lowest BCUT2D eigenvalue weighted by Gasteiger charge is -2.37. The Morgan fingerprint density at radius 1 is 0.917 bits per heavy atom. The van der Waals surface area contributed by atoms with Crippen LogP contribution in [-0.4, -0.2) is 98.8 Å². The van der Waals surface area contributed by atoms with E-state index in [9.17, 15) is 34.5 Å². The number of benzene rings is 3. The highest BCUT2D eigenvalue weighted by molar-refractivity contribution is 5.90. The van der Waals surface area contributed by atoms with Gasteiger partial charge in [-0.15, -0.1) is 0 Å². The molecular weight excluding hydrogens is 917 g/mol. The fraction of sp³-hybridized carbons (Fsp3) is 0.418. The highest BCUT2D eigenvalue weighted by Gasteiger charge is 2.45. The quantitative estimate of drug-likeness (QED) is 0.0920. The number of aromatic hydroxyl groups is 2. The van der Waals surface area contributed by atoms with Gasteiger partial charge >= 0.3 is 17.8 Å². The molecule has 3 aromatic carbocycles. The molecule has 2 saturated heterocycles. The molecule has 17 heteroatoms. The van der Waals surface area contributed by atoms with Crippen LogP contribution in [0.1, 0.15) is 100.0 Å². The third-order valence-corrected chi connectivity index (χ3v) is 15.9. The summed E-state index contributed by atoms with van der Waals surface area (Å²) in [5.74, 6) is 0.907. The number of aliphatic hydroxyl groups is 1. The van der Waals surface area contributed by atoms with Gasteiger partial charge in [-0.05, 0) is 142 Å². The van der Waals surface area contributed by atoms with Crippen LogP contribution in [0, 0.1) is 11.8 Å². The fourth-order valence-electron chi connectivity index (χ4n) is 11.7. The summed E-state index contributed by atoms with van der Waals surface area (Å²) in [5.41, 5.74) is 4.46. The minimum atomic E-state index is -1.90. The number of fused-ring (bicyclic) bond motifs is 6. The molecule has 11 rings (SSSR count). The van der Waals surface area contributed by atoms with Gasteiger partial charge in [0.25, 0.3) is 5.56 Å². The third kappa shape index (κ3) is 8.11. The second-order valence-electron chi connectivity index (χ2n) is 20.4. The molecule has 72 heavy (non-hydrogen) atoms. The maximum Gasteiger partial charge on any atom is 0.415 e. The highest BCUT2D eigenvalue weighted by atomic mass is 16.6. The van der Waals surface area contributed by atoms with Crippen LogP contribution in [0.4, 0.5) is 4.79 Å². The number of ether oxygens (including phenoxy) is 2. The van der Waals surface area contributed by atoms with Crippen molar-refractivity contribution in [3.05, 3.63) is 116 Å². The molecule has 2 fully saturated rings. The van der Waals surface area contributed by atoms with Gasteiger partial charge in [-0.1, -0.05) is 27.7 Å². The SMILES string of the molecule is CCc1c2c(nc3ccc(OC(=O)N4CCC(CN5CCC(CCn6ccc7cc(-n8c(-c9cc(C(C)C)c(O)cc9O)n[nH]c8=O)ccc76)CC5)CC4)cc13)-c1cc3c(c(=O)n1C2)COC(=O)[C@]3(O)CC. The molecule has 0 unspecified atom stereocenters. The lowest BCUT2D eigenvalue weighted by Crippen LogP contribution is -2.44. The first-order valence-corrected chi connectivity index (χ1v) is 25.4. The maximum atomic E-state index is 13.8. The third-order valence-electron chi connectivity index (χ3n) is 15.9. The molecule has 17 nitrogen and oxygen atoms in total. The van der Waals surface area contributed by atoms with E-state index in [0.717, 1.165) is 85.7 Å². The van der Waals surface area contributed by atoms with Crippen molar-refractivity contribution < 1.29 is 34.4 Å². The van der Waals surface area contributed by atoms with Crippen LogP contribution in [0.3, 0.4) is 0 Å². The number of esters is 1. The molecule has 4 aliphatic heterocycles. The molecule has 4 aromatic heterocycles. The summed E-state index contributed by atoms with van der Waals surface area (Å²) < 4.78 is 16.6. The van der Waals surface area contributed by atoms with Crippen LogP contribution in [0.5, 0.6) is 17.2 Å². The van der Waals surface area contributed by atoms with Gasteiger partial charge in [0.15, 0.2) is 11.4 Å². The molecule has 0 aliphatic carbocycles. The number of nitrogens with one attached hydrogen (secondary N) is 1. The number of H-pyrrole nitrogens is 1. The van der Waals surface area contributed by atoms with E-state index in [1.54, 1.807) is 34.6 Å². The topological polar surface area (TPSA) is 210 Å². The molecule has 8 heterocycles. The Morgan fingerprint density at radius 3 is 2.44 bits per heavy atom. The van der Waals surface area contributed by atoms with Gasteiger partial charge in [0.1, 0.15) is 23.9 Å². The molecule has 7 aromatic rings. The van der Waals surface area contributed by atoms with Gasteiger partial charge in [-0.2, -0.15) is 5.10 Å². The second kappa shape index (κ2) is 18.4. The lowest BCUT2D eigenvalue weighted by molar-refractivity contribution is -0.172. The van der Waals surface area contributed by atoms with Gasteiger partial charge in [0, 0.05) is 65.9 Å². The van der Waals surface area contributed by atoms with Crippen molar-refractivity contribution in [3.63, 3.8) is 0 Å². The number of piperidine rings is 2. The zero-order valence-electron chi connectivity index (χ0n) is 41.1. The Hall–Kier alpha value is -7.24. The predicted molar refractivity (Wildman–Crippen MR) is 271 cm³/mol. The van der Waals surface area contributed by atoms with Crippen molar-refractivity contribution in [3.8, 4) is 45.7 Å². The number of aromatic amines is 1. The van der Waals surface area contributed by atoms with E-state index < -0.39 is 17.3 Å². The van der Waals surface area contributed by atoms with Gasteiger partial charge in [-0.25, -0.2) is 29.0 Å². The number of pyridine rings is 2. The number of amides is 1. The Labute approximate surface area is 415 Å². The van der Waals surface area contributed by atoms with E-state index in [0.29, 0.717) is 77.4 Å². The molecule has 4 aliphatic rings. The number of aryl methyl sites for hydroxylation is 2. The van der Waals surface area contributed by atoms with Crippen LogP contribution in [0.15, 0.2) is 76.4 Å². The minimum Gasteiger partial charge on any atom is -0.508 e. The Kier molecular flexibility index (Phi) is 12.1. The summed E-state index contributed by atoms with van der Waals surface area (Å²) in [6.45, 7) is 13.1. The summed E-state index contributed by atoms with van der Waals surface area (Å²) in [4.78, 5) is 62.4. The number of carbonyl (C=O) groups excluding carboxylic acids is 2. The van der Waals surface area contributed by atoms with E-state index in [1.807, 2.05) is 51.1 Å². The summed E-state index contributed by atoms with van der Waals surface area (Å²) >= 11 is 0. The lowest BCUT2D eigenvalue weighted by atomic mass is 9.86. The van der Waals surface area contributed by atoms with Crippen molar-refractivity contribution in [2.24, 2.45) is 11.8 Å². The first kappa shape index (κ1) is 47.1. The van der Waals surface area contributed by atoms with Crippen molar-refractivity contribution >= 4 is 33.9 Å². The van der Waals surface area contributed by atoms with Crippen LogP contribution < -0.4 is 16.0 Å². The zero-order valence-corrected chi connectivity index (χ0v) is 41.1. The number of rotatable bonds is 11. The van der Waals surface area contributed by atoms with Crippen LogP contribution in [-0.2, 0) is 41.2 Å². The molecule has 0 radical (unpaired) electrons. The van der Waals surface area contributed by atoms with E-state index in [4.69, 9.17) is 14.5 Å². The van der Waals surface area contributed by atoms with E-state index >= 15 is 0 Å². The van der Waals surface area contributed by atoms with E-state index in [-0.39, 0.29) is 59.0 Å². The predicted octanol–water partition coefficient (Wildman–Crippen LogP) is 7.69. The van der Waals surface area contributed by atoms with Crippen molar-refractivity contribution in [2.45, 2.75) is 104 Å². The second-order valence-corrected chi connectivity index (χ2v) is 20.4. The largest absolute Gasteiger partial charge is 0.508 e. The molecule has 374 valence electrons. The van der Waals surface area contributed by atoms with E-state index in [1.165, 1.54) is 10.6 Å². The minimum absolute atomic E-state index is 0.00220. The van der Waals surface area contributed by atoms with Crippen LogP contribution in [0.25, 0.3) is 50.3 Å². The summed E-state index contributed by atoms with van der Waals surface area (Å²) in [6, 6.07) is 18.1. The van der Waals surface area contributed by atoms with Gasteiger partial charge in [0.2, 0.25) is 0 Å². The monoisotopic (exact) mass is 976 g/mol. The molecule has 1 amide bonds. The maximum absolute atomic E-state index is 13.8. The average molecular weight is 977 g/mol. The summed E-state index contributed by atoms with van der Waals surface area (Å²) in [6.07, 6.45) is 7.65. The zero-order chi connectivity index (χ0) is 50.2. The standard InChI is InChI=1S/C55H60N8O9/c1-5-37-39-24-36(8-9-44(39)56-49-41(37)29-62-46(49)26-43-42(51(62)66)30-71-52(67)55(43,70)6-2)72-54(69)61-20-14-33(15-21-61)28-59-17-11-32(12-18-59)13-19-60-22-16-34-23-35(7-10-45(34)60)63-50(57-58-53(63)68)40-25-38(31(3)4)47(64)27-48(40)65/h7-10,16,22-27,31-33,64-65,70H,5-6,11-15,17-21,28-30H2,1-4H3,(H,58,68)/t55-/m0/s1. The summed E-state index contributed by atoms with van der Waals surface area (Å²) in [7, 11) is 0. The number of hydrogen-bond acceptors (Lipinski definition) is 12. The van der Waals surface area contributed by atoms with Crippen LogP contribution in [0.2, 0.25) is 0 Å². The molecule has 4 N–H and O–H groups in total. The number of hydrogen-bond donors (Lipinski definition) is 4. The average Bonchev–Trinajstić information content (AvgIpc) is 4.09. The first-order chi connectivity index (χ1) is 34.7. The number of phenols is 2. The summed E-state index contributed by atoms with van der Waals surface area (Å²) in [5, 5.41) is 41.1. The van der Waals surface area contributed by atoms with E-state index in [2.05, 4.69) is 31.9 Å². The van der Waals surface area contributed by atoms with Crippen LogP contribution >= 0.6 is 0 Å².